The highest BCUT2D eigenvalue weighted by Gasteiger charge is 2.22. The molecule has 2 aromatic rings. The van der Waals surface area contributed by atoms with Crippen LogP contribution in [0.25, 0.3) is 10.9 Å². The predicted octanol–water partition coefficient (Wildman–Crippen LogP) is 2.27. The Labute approximate surface area is 150 Å². The van der Waals surface area contributed by atoms with E-state index in [1.54, 1.807) is 0 Å². The third kappa shape index (κ3) is 4.12. The molecule has 1 aliphatic rings. The van der Waals surface area contributed by atoms with Gasteiger partial charge in [0.2, 0.25) is 0 Å². The van der Waals surface area contributed by atoms with E-state index < -0.39 is 9.84 Å². The number of anilines is 1. The molecule has 0 spiro atoms. The van der Waals surface area contributed by atoms with E-state index in [9.17, 15) is 8.42 Å². The van der Waals surface area contributed by atoms with Gasteiger partial charge in [0, 0.05) is 50.1 Å². The molecule has 5 nitrogen and oxygen atoms in total. The van der Waals surface area contributed by atoms with Crippen LogP contribution in [0, 0.1) is 6.92 Å². The Kier molecular flexibility index (Phi) is 5.29. The zero-order chi connectivity index (χ0) is 18.0. The summed E-state index contributed by atoms with van der Waals surface area (Å²) in [7, 11) is -2.90. The van der Waals surface area contributed by atoms with Crippen LogP contribution in [0.1, 0.15) is 18.2 Å². The molecule has 0 saturated carbocycles. The average Bonchev–Trinajstić information content (AvgIpc) is 2.58. The number of rotatable bonds is 5. The first kappa shape index (κ1) is 18.1. The Morgan fingerprint density at radius 2 is 1.80 bits per heavy atom. The first-order chi connectivity index (χ1) is 11.9. The summed E-state index contributed by atoms with van der Waals surface area (Å²) in [5, 5.41) is 1.22. The number of piperazine rings is 1. The number of benzene rings is 1. The molecule has 0 bridgehead atoms. The lowest BCUT2D eigenvalue weighted by atomic mass is 10.0. The second-order valence-corrected chi connectivity index (χ2v) is 9.11. The Morgan fingerprint density at radius 3 is 2.44 bits per heavy atom. The van der Waals surface area contributed by atoms with E-state index in [0.717, 1.165) is 43.8 Å². The number of fused-ring (bicyclic) bond motifs is 1. The molecule has 1 aromatic carbocycles. The van der Waals surface area contributed by atoms with Crippen LogP contribution in [0.15, 0.2) is 24.3 Å². The van der Waals surface area contributed by atoms with Crippen molar-refractivity contribution < 1.29 is 8.42 Å². The van der Waals surface area contributed by atoms with Gasteiger partial charge < -0.3 is 4.90 Å². The fourth-order valence-corrected chi connectivity index (χ4v) is 4.22. The number of aryl methyl sites for hydroxylation is 1. The normalized spacial score (nSPS) is 16.5. The lowest BCUT2D eigenvalue weighted by Gasteiger charge is -2.37. The van der Waals surface area contributed by atoms with Gasteiger partial charge in [0.05, 0.1) is 17.0 Å². The van der Waals surface area contributed by atoms with Crippen LogP contribution in [-0.2, 0) is 16.3 Å². The molecular weight excluding hydrogens is 334 g/mol. The van der Waals surface area contributed by atoms with E-state index in [1.807, 2.05) is 6.07 Å². The first-order valence-corrected chi connectivity index (χ1v) is 11.0. The summed E-state index contributed by atoms with van der Waals surface area (Å²) in [5.74, 6) is 0.241. The standard InChI is InChI=1S/C19H27N3O2S/c1-4-16-15(2)20-18-8-6-5-7-17(18)19(16)22-11-9-21(10-12-22)13-14-25(3,23)24/h5-8H,4,9-14H2,1-3H3. The van der Waals surface area contributed by atoms with E-state index >= 15 is 0 Å². The van der Waals surface area contributed by atoms with E-state index in [0.29, 0.717) is 6.54 Å². The molecular formula is C19H27N3O2S. The van der Waals surface area contributed by atoms with Crippen LogP contribution in [0.2, 0.25) is 0 Å². The molecule has 0 amide bonds. The summed E-state index contributed by atoms with van der Waals surface area (Å²) in [4.78, 5) is 9.47. The number of aromatic nitrogens is 1. The molecule has 0 aliphatic carbocycles. The van der Waals surface area contributed by atoms with Gasteiger partial charge in [0.1, 0.15) is 9.84 Å². The molecule has 0 radical (unpaired) electrons. The van der Waals surface area contributed by atoms with Crippen molar-refractivity contribution in [1.29, 1.82) is 0 Å². The molecule has 25 heavy (non-hydrogen) atoms. The summed E-state index contributed by atoms with van der Waals surface area (Å²) in [6.45, 7) is 8.54. The van der Waals surface area contributed by atoms with Gasteiger partial charge in [-0.25, -0.2) is 8.42 Å². The molecule has 1 aromatic heterocycles. The van der Waals surface area contributed by atoms with E-state index in [4.69, 9.17) is 4.98 Å². The third-order valence-corrected chi connectivity index (χ3v) is 5.91. The van der Waals surface area contributed by atoms with Crippen LogP contribution < -0.4 is 4.90 Å². The minimum Gasteiger partial charge on any atom is -0.368 e. The van der Waals surface area contributed by atoms with Gasteiger partial charge in [0.15, 0.2) is 0 Å². The maximum atomic E-state index is 11.4. The Balaban J connectivity index is 1.83. The summed E-state index contributed by atoms with van der Waals surface area (Å²) in [6, 6.07) is 8.35. The molecule has 1 aliphatic heterocycles. The van der Waals surface area contributed by atoms with Gasteiger partial charge >= 0.3 is 0 Å². The highest BCUT2D eigenvalue weighted by molar-refractivity contribution is 7.90. The van der Waals surface area contributed by atoms with Gasteiger partial charge in [-0.15, -0.1) is 0 Å². The SMILES string of the molecule is CCc1c(C)nc2ccccc2c1N1CCN(CCS(C)(=O)=O)CC1. The highest BCUT2D eigenvalue weighted by atomic mass is 32.2. The molecule has 1 fully saturated rings. The van der Waals surface area contributed by atoms with Gasteiger partial charge in [-0.05, 0) is 25.0 Å². The highest BCUT2D eigenvalue weighted by Crippen LogP contribution is 2.32. The van der Waals surface area contributed by atoms with Crippen molar-refractivity contribution in [3.05, 3.63) is 35.5 Å². The molecule has 136 valence electrons. The number of hydrogen-bond donors (Lipinski definition) is 0. The minimum atomic E-state index is -2.90. The summed E-state index contributed by atoms with van der Waals surface area (Å²) in [5.41, 5.74) is 4.79. The largest absolute Gasteiger partial charge is 0.368 e. The van der Waals surface area contributed by atoms with E-state index in [-0.39, 0.29) is 5.75 Å². The quantitative estimate of drug-likeness (QED) is 0.818. The van der Waals surface area contributed by atoms with Gasteiger partial charge in [-0.2, -0.15) is 0 Å². The molecule has 2 heterocycles. The zero-order valence-electron chi connectivity index (χ0n) is 15.3. The number of para-hydroxylation sites is 1. The second kappa shape index (κ2) is 7.30. The maximum absolute atomic E-state index is 11.4. The van der Waals surface area contributed by atoms with E-state index in [1.165, 1.54) is 22.9 Å². The minimum absolute atomic E-state index is 0.241. The smallest absolute Gasteiger partial charge is 0.148 e. The van der Waals surface area contributed by atoms with Crippen LogP contribution in [-0.4, -0.2) is 63.0 Å². The third-order valence-electron chi connectivity index (χ3n) is 4.99. The van der Waals surface area contributed by atoms with Gasteiger partial charge in [-0.3, -0.25) is 9.88 Å². The fraction of sp³-hybridized carbons (Fsp3) is 0.526. The van der Waals surface area contributed by atoms with Gasteiger partial charge in [0.25, 0.3) is 0 Å². The lowest BCUT2D eigenvalue weighted by Crippen LogP contribution is -2.48. The first-order valence-electron chi connectivity index (χ1n) is 8.92. The number of sulfone groups is 1. The lowest BCUT2D eigenvalue weighted by molar-refractivity contribution is 0.272. The van der Waals surface area contributed by atoms with Crippen molar-refractivity contribution in [2.75, 3.05) is 49.6 Å². The monoisotopic (exact) mass is 361 g/mol. The number of hydrogen-bond acceptors (Lipinski definition) is 5. The topological polar surface area (TPSA) is 53.5 Å². The Bertz CT molecular complexity index is 856. The fourth-order valence-electron chi connectivity index (χ4n) is 3.63. The molecule has 0 N–H and O–H groups in total. The molecule has 3 rings (SSSR count). The van der Waals surface area contributed by atoms with Gasteiger partial charge in [-0.1, -0.05) is 25.1 Å². The molecule has 1 saturated heterocycles. The van der Waals surface area contributed by atoms with Crippen LogP contribution in [0.5, 0.6) is 0 Å². The molecule has 6 heteroatoms. The van der Waals surface area contributed by atoms with Crippen molar-refractivity contribution in [2.24, 2.45) is 0 Å². The van der Waals surface area contributed by atoms with Crippen molar-refractivity contribution in [2.45, 2.75) is 20.3 Å². The maximum Gasteiger partial charge on any atom is 0.148 e. The summed E-state index contributed by atoms with van der Waals surface area (Å²) >= 11 is 0. The van der Waals surface area contributed by atoms with Crippen molar-refractivity contribution in [1.82, 2.24) is 9.88 Å². The summed E-state index contributed by atoms with van der Waals surface area (Å²) < 4.78 is 22.8. The van der Waals surface area contributed by atoms with Crippen molar-refractivity contribution in [3.8, 4) is 0 Å². The summed E-state index contributed by atoms with van der Waals surface area (Å²) in [6.07, 6.45) is 2.27. The zero-order valence-corrected chi connectivity index (χ0v) is 16.1. The Hall–Kier alpha value is -1.66. The van der Waals surface area contributed by atoms with Crippen LogP contribution in [0.4, 0.5) is 5.69 Å². The predicted molar refractivity (Wildman–Crippen MR) is 104 cm³/mol. The van der Waals surface area contributed by atoms with E-state index in [2.05, 4.69) is 41.8 Å². The number of nitrogens with zero attached hydrogens (tertiary/aromatic N) is 3. The average molecular weight is 362 g/mol. The van der Waals surface area contributed by atoms with Crippen LogP contribution >= 0.6 is 0 Å². The molecule has 0 atom stereocenters. The Morgan fingerprint density at radius 1 is 1.12 bits per heavy atom. The van der Waals surface area contributed by atoms with Crippen molar-refractivity contribution >= 4 is 26.4 Å². The molecule has 0 unspecified atom stereocenters. The number of pyridine rings is 1. The van der Waals surface area contributed by atoms with Crippen molar-refractivity contribution in [3.63, 3.8) is 0 Å². The van der Waals surface area contributed by atoms with Crippen LogP contribution in [0.3, 0.4) is 0 Å². The second-order valence-electron chi connectivity index (χ2n) is 6.85.